The molecule has 0 bridgehead atoms. The molecule has 4 aromatic carbocycles. The summed E-state index contributed by atoms with van der Waals surface area (Å²) in [7, 11) is -5.38. The first-order chi connectivity index (χ1) is 17.5. The summed E-state index contributed by atoms with van der Waals surface area (Å²) in [5, 5.41) is 3.43. The minimum absolute atomic E-state index is 0. The average molecular weight is 667 g/mol. The van der Waals surface area contributed by atoms with E-state index in [-0.39, 0.29) is 38.6 Å². The van der Waals surface area contributed by atoms with Gasteiger partial charge in [-0.2, -0.15) is 0 Å². The number of hydrogen-bond acceptors (Lipinski definition) is 2. The zero-order valence-corrected chi connectivity index (χ0v) is 24.4. The summed E-state index contributed by atoms with van der Waals surface area (Å²) in [6, 6.07) is 38.5. The molecule has 186 valence electrons. The standard InChI is InChI=1S/C18H15OP.C14H15OP.Tb/c19-20(16-10-4-1-5-11-16,17-12-6-2-7-13-17)18-14-8-3-9-15-18;1-3-5-12-16(15,13-6-4-2)14-10-8-7-9-11-14;/h1-15H;3-13H,1-2H2;/q;;+3/b;12-5+,13-6+;. The third kappa shape index (κ3) is 8.29. The SMILES string of the molecule is C=C/C=C/P(=O)(/C=C/C=C)c1ccccc1.O=P(c1ccccc1)(c1ccccc1)c1ccccc1.[Tb+3]. The van der Waals surface area contributed by atoms with E-state index in [4.69, 9.17) is 0 Å². The number of allylic oxidation sites excluding steroid dienone is 4. The van der Waals surface area contributed by atoms with E-state index in [1.54, 1.807) is 35.9 Å². The van der Waals surface area contributed by atoms with E-state index in [0.29, 0.717) is 0 Å². The number of benzene rings is 4. The van der Waals surface area contributed by atoms with Crippen LogP contribution in [0, 0.1) is 38.6 Å². The Kier molecular flexibility index (Phi) is 13.1. The van der Waals surface area contributed by atoms with Crippen LogP contribution in [0.3, 0.4) is 0 Å². The van der Waals surface area contributed by atoms with Crippen molar-refractivity contribution in [1.82, 2.24) is 0 Å². The van der Waals surface area contributed by atoms with Gasteiger partial charge in [0, 0.05) is 21.2 Å². The molecule has 4 aromatic rings. The van der Waals surface area contributed by atoms with E-state index in [2.05, 4.69) is 13.2 Å². The first kappa shape index (κ1) is 30.8. The predicted octanol–water partition coefficient (Wildman–Crippen LogP) is 7.40. The molecular formula is C32H30O2P2Tb+3. The second kappa shape index (κ2) is 15.7. The molecule has 0 saturated heterocycles. The van der Waals surface area contributed by atoms with Gasteiger partial charge in [0.2, 0.25) is 0 Å². The summed E-state index contributed by atoms with van der Waals surface area (Å²) < 4.78 is 26.5. The second-order valence-electron chi connectivity index (χ2n) is 7.82. The van der Waals surface area contributed by atoms with Crippen molar-refractivity contribution in [1.29, 1.82) is 0 Å². The largest absolute Gasteiger partial charge is 3.00 e. The Bertz CT molecular complexity index is 1270. The molecule has 0 atom stereocenters. The van der Waals surface area contributed by atoms with Gasteiger partial charge in [-0.3, -0.25) is 0 Å². The molecular weight excluding hydrogens is 637 g/mol. The van der Waals surface area contributed by atoms with Gasteiger partial charge in [-0.15, -0.1) is 0 Å². The molecule has 5 heteroatoms. The van der Waals surface area contributed by atoms with Crippen molar-refractivity contribution in [2.24, 2.45) is 0 Å². The molecule has 37 heavy (non-hydrogen) atoms. The van der Waals surface area contributed by atoms with Crippen molar-refractivity contribution < 1.29 is 47.7 Å². The van der Waals surface area contributed by atoms with Crippen LogP contribution in [-0.2, 0) is 9.13 Å². The monoisotopic (exact) mass is 667 g/mol. The van der Waals surface area contributed by atoms with Crippen molar-refractivity contribution >= 4 is 35.5 Å². The van der Waals surface area contributed by atoms with Gasteiger partial charge in [-0.05, 0) is 11.6 Å². The molecule has 0 fully saturated rings. The molecule has 0 heterocycles. The van der Waals surface area contributed by atoms with E-state index >= 15 is 0 Å². The van der Waals surface area contributed by atoms with Crippen LogP contribution in [0.5, 0.6) is 0 Å². The van der Waals surface area contributed by atoms with Crippen LogP contribution in [-0.4, -0.2) is 0 Å². The van der Waals surface area contributed by atoms with Crippen LogP contribution < -0.4 is 21.2 Å². The first-order valence-electron chi connectivity index (χ1n) is 11.6. The molecule has 0 saturated carbocycles. The molecule has 0 unspecified atom stereocenters. The zero-order chi connectivity index (χ0) is 25.7. The molecule has 0 aliphatic heterocycles. The minimum Gasteiger partial charge on any atom is -0.310 e. The predicted molar refractivity (Wildman–Crippen MR) is 158 cm³/mol. The first-order valence-corrected chi connectivity index (χ1v) is 15.1. The maximum Gasteiger partial charge on any atom is 3.00 e. The number of rotatable bonds is 8. The van der Waals surface area contributed by atoms with Crippen molar-refractivity contribution in [2.75, 3.05) is 0 Å². The molecule has 0 spiro atoms. The molecule has 0 aromatic heterocycles. The number of hydrogen-bond donors (Lipinski definition) is 0. The maximum absolute atomic E-state index is 13.8. The Balaban J connectivity index is 0.000000260. The molecule has 0 radical (unpaired) electrons. The summed E-state index contributed by atoms with van der Waals surface area (Å²) in [4.78, 5) is 0. The molecule has 0 N–H and O–H groups in total. The van der Waals surface area contributed by atoms with Crippen molar-refractivity contribution in [3.05, 3.63) is 170 Å². The Hall–Kier alpha value is -2.41. The Morgan fingerprint density at radius 3 is 1.00 bits per heavy atom. The van der Waals surface area contributed by atoms with E-state index in [9.17, 15) is 9.13 Å². The smallest absolute Gasteiger partial charge is 0.310 e. The Labute approximate surface area is 251 Å². The summed E-state index contributed by atoms with van der Waals surface area (Å²) in [6.07, 6.45) is 6.66. The fourth-order valence-electron chi connectivity index (χ4n) is 3.62. The van der Waals surface area contributed by atoms with E-state index < -0.39 is 14.3 Å². The minimum atomic E-state index is -2.78. The van der Waals surface area contributed by atoms with Gasteiger partial charge in [0.05, 0.1) is 0 Å². The molecule has 0 aliphatic carbocycles. The fraction of sp³-hybridized carbons (Fsp3) is 0. The van der Waals surface area contributed by atoms with Crippen LogP contribution in [0.15, 0.2) is 170 Å². The van der Waals surface area contributed by atoms with Gasteiger partial charge in [0.25, 0.3) is 0 Å². The summed E-state index contributed by atoms with van der Waals surface area (Å²) >= 11 is 0. The summed E-state index contributed by atoms with van der Waals surface area (Å²) in [5.41, 5.74) is 0. The normalized spacial score (nSPS) is 11.2. The van der Waals surface area contributed by atoms with Crippen LogP contribution in [0.1, 0.15) is 0 Å². The van der Waals surface area contributed by atoms with Gasteiger partial charge in [0.15, 0.2) is 14.3 Å². The van der Waals surface area contributed by atoms with E-state index in [0.717, 1.165) is 21.2 Å². The Morgan fingerprint density at radius 2 is 0.730 bits per heavy atom. The van der Waals surface area contributed by atoms with Crippen molar-refractivity contribution in [2.45, 2.75) is 0 Å². The molecule has 4 rings (SSSR count). The van der Waals surface area contributed by atoms with Gasteiger partial charge >= 0.3 is 38.6 Å². The van der Waals surface area contributed by atoms with Gasteiger partial charge in [-0.1, -0.05) is 159 Å². The quantitative estimate of drug-likeness (QED) is 0.145. The Morgan fingerprint density at radius 1 is 0.459 bits per heavy atom. The molecule has 2 nitrogen and oxygen atoms in total. The second-order valence-corrected chi connectivity index (χ2v) is 13.1. The average Bonchev–Trinajstić information content (AvgIpc) is 2.97. The van der Waals surface area contributed by atoms with Crippen LogP contribution in [0.4, 0.5) is 0 Å². The van der Waals surface area contributed by atoms with E-state index in [1.807, 2.05) is 121 Å². The van der Waals surface area contributed by atoms with E-state index in [1.165, 1.54) is 0 Å². The van der Waals surface area contributed by atoms with Crippen LogP contribution in [0.2, 0.25) is 0 Å². The summed E-state index contributed by atoms with van der Waals surface area (Å²) in [6.45, 7) is 7.17. The van der Waals surface area contributed by atoms with Crippen LogP contribution in [0.25, 0.3) is 0 Å². The third-order valence-corrected chi connectivity index (χ3v) is 10.8. The van der Waals surface area contributed by atoms with Crippen molar-refractivity contribution in [3.63, 3.8) is 0 Å². The third-order valence-electron chi connectivity index (χ3n) is 5.41. The molecule has 0 aliphatic rings. The fourth-order valence-corrected chi connectivity index (χ4v) is 8.13. The maximum atomic E-state index is 13.8. The topological polar surface area (TPSA) is 34.1 Å². The molecule has 0 amide bonds. The van der Waals surface area contributed by atoms with Gasteiger partial charge < -0.3 is 9.13 Å². The van der Waals surface area contributed by atoms with Gasteiger partial charge in [-0.25, -0.2) is 0 Å². The van der Waals surface area contributed by atoms with Crippen LogP contribution >= 0.6 is 14.3 Å². The zero-order valence-electron chi connectivity index (χ0n) is 20.5. The van der Waals surface area contributed by atoms with Gasteiger partial charge in [0.1, 0.15) is 0 Å². The van der Waals surface area contributed by atoms with Crippen molar-refractivity contribution in [3.8, 4) is 0 Å². The summed E-state index contributed by atoms with van der Waals surface area (Å²) in [5.74, 6) is 3.38.